The number of hydrogen-bond donors (Lipinski definition) is 0. The molecular formula is C18H18N6O. The maximum Gasteiger partial charge on any atom is 0.266 e. The van der Waals surface area contributed by atoms with Crippen LogP contribution < -0.4 is 10.5 Å². The van der Waals surface area contributed by atoms with Crippen LogP contribution in [0.25, 0.3) is 11.3 Å². The molecule has 0 radical (unpaired) electrons. The average Bonchev–Trinajstić information content (AvgIpc) is 3.13. The molecular weight excluding hydrogens is 316 g/mol. The molecule has 126 valence electrons. The quantitative estimate of drug-likeness (QED) is 0.724. The minimum Gasteiger partial charge on any atom is -0.352 e. The molecule has 3 aromatic heterocycles. The molecule has 3 aromatic rings. The Kier molecular flexibility index (Phi) is 4.20. The molecule has 0 amide bonds. The van der Waals surface area contributed by atoms with Gasteiger partial charge in [0.05, 0.1) is 18.3 Å². The Morgan fingerprint density at radius 1 is 1.04 bits per heavy atom. The molecule has 0 spiro atoms. The predicted molar refractivity (Wildman–Crippen MR) is 94.1 cm³/mol. The third kappa shape index (κ3) is 3.26. The summed E-state index contributed by atoms with van der Waals surface area (Å²) in [5, 5.41) is 4.55. The Bertz CT molecular complexity index is 896. The number of rotatable bonds is 4. The van der Waals surface area contributed by atoms with Crippen molar-refractivity contribution < 1.29 is 0 Å². The smallest absolute Gasteiger partial charge is 0.266 e. The lowest BCUT2D eigenvalue weighted by Crippen LogP contribution is -2.37. The molecule has 7 nitrogen and oxygen atoms in total. The molecule has 1 saturated heterocycles. The normalized spacial score (nSPS) is 17.0. The van der Waals surface area contributed by atoms with Gasteiger partial charge in [0.25, 0.3) is 5.56 Å². The molecule has 1 fully saturated rings. The van der Waals surface area contributed by atoms with Crippen molar-refractivity contribution in [2.45, 2.75) is 25.4 Å². The van der Waals surface area contributed by atoms with Crippen LogP contribution in [0.15, 0.2) is 60.0 Å². The number of hydrogen-bond acceptors (Lipinski definition) is 6. The van der Waals surface area contributed by atoms with Gasteiger partial charge in [0.2, 0.25) is 0 Å². The van der Waals surface area contributed by atoms with Gasteiger partial charge in [-0.05, 0) is 37.1 Å². The van der Waals surface area contributed by atoms with Gasteiger partial charge in [-0.3, -0.25) is 9.78 Å². The van der Waals surface area contributed by atoms with Gasteiger partial charge < -0.3 is 4.90 Å². The lowest BCUT2D eigenvalue weighted by atomic mass is 10.2. The fourth-order valence-corrected chi connectivity index (χ4v) is 3.24. The van der Waals surface area contributed by atoms with Crippen LogP contribution in [-0.4, -0.2) is 37.3 Å². The molecule has 4 rings (SSSR count). The van der Waals surface area contributed by atoms with Crippen molar-refractivity contribution in [1.29, 1.82) is 0 Å². The van der Waals surface area contributed by atoms with Crippen molar-refractivity contribution in [2.24, 2.45) is 0 Å². The molecule has 0 saturated carbocycles. The zero-order valence-corrected chi connectivity index (χ0v) is 13.7. The number of pyridine rings is 1. The molecule has 1 unspecified atom stereocenters. The van der Waals surface area contributed by atoms with E-state index in [4.69, 9.17) is 0 Å². The van der Waals surface area contributed by atoms with Crippen molar-refractivity contribution in [2.75, 3.05) is 11.4 Å². The first-order valence-electron chi connectivity index (χ1n) is 8.32. The molecule has 7 heteroatoms. The van der Waals surface area contributed by atoms with E-state index in [1.807, 2.05) is 18.2 Å². The first-order chi connectivity index (χ1) is 12.3. The van der Waals surface area contributed by atoms with Gasteiger partial charge >= 0.3 is 0 Å². The fourth-order valence-electron chi connectivity index (χ4n) is 3.24. The minimum absolute atomic E-state index is 0.0904. The number of anilines is 1. The van der Waals surface area contributed by atoms with Crippen molar-refractivity contribution >= 4 is 5.82 Å². The van der Waals surface area contributed by atoms with Crippen molar-refractivity contribution in [1.82, 2.24) is 24.7 Å². The molecule has 0 bridgehead atoms. The topological polar surface area (TPSA) is 76.8 Å². The van der Waals surface area contributed by atoms with Crippen LogP contribution in [0.5, 0.6) is 0 Å². The highest BCUT2D eigenvalue weighted by molar-refractivity contribution is 5.57. The second kappa shape index (κ2) is 6.80. The number of aromatic nitrogens is 5. The lowest BCUT2D eigenvalue weighted by Gasteiger charge is -2.25. The zero-order chi connectivity index (χ0) is 17.1. The lowest BCUT2D eigenvalue weighted by molar-refractivity contribution is 0.488. The largest absolute Gasteiger partial charge is 0.352 e. The van der Waals surface area contributed by atoms with Crippen LogP contribution in [0, 0.1) is 0 Å². The molecule has 0 aromatic carbocycles. The molecule has 1 atom stereocenters. The number of nitrogens with zero attached hydrogens (tertiary/aromatic N) is 6. The molecule has 0 N–H and O–H groups in total. The van der Waals surface area contributed by atoms with E-state index in [9.17, 15) is 4.79 Å². The molecule has 1 aliphatic heterocycles. The van der Waals surface area contributed by atoms with Gasteiger partial charge in [0.1, 0.15) is 12.1 Å². The first-order valence-corrected chi connectivity index (χ1v) is 8.32. The Hall–Kier alpha value is -3.09. The summed E-state index contributed by atoms with van der Waals surface area (Å²) in [6, 6.07) is 9.22. The van der Waals surface area contributed by atoms with Crippen LogP contribution in [0.1, 0.15) is 12.8 Å². The third-order valence-electron chi connectivity index (χ3n) is 4.46. The van der Waals surface area contributed by atoms with Crippen LogP contribution in [0.4, 0.5) is 5.82 Å². The molecule has 25 heavy (non-hydrogen) atoms. The highest BCUT2D eigenvalue weighted by atomic mass is 16.1. The maximum absolute atomic E-state index is 12.3. The van der Waals surface area contributed by atoms with E-state index in [1.54, 1.807) is 41.7 Å². The van der Waals surface area contributed by atoms with Gasteiger partial charge in [-0.1, -0.05) is 0 Å². The van der Waals surface area contributed by atoms with Gasteiger partial charge in [-0.15, -0.1) is 0 Å². The molecule has 0 aliphatic carbocycles. The van der Waals surface area contributed by atoms with Crippen molar-refractivity contribution in [3.63, 3.8) is 0 Å². The van der Waals surface area contributed by atoms with Gasteiger partial charge in [0.15, 0.2) is 0 Å². The Morgan fingerprint density at radius 3 is 2.68 bits per heavy atom. The Morgan fingerprint density at radius 2 is 1.88 bits per heavy atom. The summed E-state index contributed by atoms with van der Waals surface area (Å²) < 4.78 is 1.56. The minimum atomic E-state index is -0.0904. The van der Waals surface area contributed by atoms with Crippen LogP contribution in [-0.2, 0) is 6.54 Å². The SMILES string of the molecule is O=c1ccc(-c2ccncc2)nn1CC1CCCN1c1ccncn1. The van der Waals surface area contributed by atoms with E-state index in [0.717, 1.165) is 36.5 Å². The summed E-state index contributed by atoms with van der Waals surface area (Å²) in [6.45, 7) is 1.47. The maximum atomic E-state index is 12.3. The summed E-state index contributed by atoms with van der Waals surface area (Å²) in [4.78, 5) is 26.8. The van der Waals surface area contributed by atoms with Gasteiger partial charge in [-0.25, -0.2) is 14.6 Å². The predicted octanol–water partition coefficient (Wildman–Crippen LogP) is 1.76. The van der Waals surface area contributed by atoms with E-state index in [0.29, 0.717) is 6.54 Å². The molecule has 1 aliphatic rings. The van der Waals surface area contributed by atoms with E-state index in [-0.39, 0.29) is 11.6 Å². The van der Waals surface area contributed by atoms with Crippen molar-refractivity contribution in [3.05, 3.63) is 65.6 Å². The third-order valence-corrected chi connectivity index (χ3v) is 4.46. The van der Waals surface area contributed by atoms with E-state index in [2.05, 4.69) is 25.0 Å². The zero-order valence-electron chi connectivity index (χ0n) is 13.7. The summed E-state index contributed by atoms with van der Waals surface area (Å²) in [7, 11) is 0. The fraction of sp³-hybridized carbons (Fsp3) is 0.278. The van der Waals surface area contributed by atoms with E-state index in [1.165, 1.54) is 0 Å². The monoisotopic (exact) mass is 334 g/mol. The van der Waals surface area contributed by atoms with E-state index < -0.39 is 0 Å². The second-order valence-electron chi connectivity index (χ2n) is 6.03. The Balaban J connectivity index is 1.61. The second-order valence-corrected chi connectivity index (χ2v) is 6.03. The summed E-state index contributed by atoms with van der Waals surface area (Å²) in [6.07, 6.45) is 8.83. The van der Waals surface area contributed by atoms with Crippen molar-refractivity contribution in [3.8, 4) is 11.3 Å². The van der Waals surface area contributed by atoms with E-state index >= 15 is 0 Å². The van der Waals surface area contributed by atoms with Crippen LogP contribution in [0.2, 0.25) is 0 Å². The summed E-state index contributed by atoms with van der Waals surface area (Å²) in [5.74, 6) is 0.899. The van der Waals surface area contributed by atoms with Gasteiger partial charge in [0, 0.05) is 36.8 Å². The highest BCUT2D eigenvalue weighted by Crippen LogP contribution is 2.24. The van der Waals surface area contributed by atoms with Gasteiger partial charge in [-0.2, -0.15) is 5.10 Å². The van der Waals surface area contributed by atoms with Crippen LogP contribution >= 0.6 is 0 Å². The average molecular weight is 334 g/mol. The highest BCUT2D eigenvalue weighted by Gasteiger charge is 2.26. The summed E-state index contributed by atoms with van der Waals surface area (Å²) in [5.41, 5.74) is 1.63. The Labute approximate surface area is 145 Å². The summed E-state index contributed by atoms with van der Waals surface area (Å²) >= 11 is 0. The van der Waals surface area contributed by atoms with Crippen LogP contribution in [0.3, 0.4) is 0 Å². The first kappa shape index (κ1) is 15.4. The standard InChI is InChI=1S/C18H18N6O/c25-18-4-3-16(14-5-8-19-9-6-14)22-24(18)12-15-2-1-11-23(15)17-7-10-20-13-21-17/h3-10,13,15H,1-2,11-12H2. The molecule has 4 heterocycles.